The summed E-state index contributed by atoms with van der Waals surface area (Å²) in [7, 11) is 0. The van der Waals surface area contributed by atoms with Gasteiger partial charge in [-0.2, -0.15) is 0 Å². The molecule has 2 rings (SSSR count). The molecule has 4 N–H and O–H groups in total. The van der Waals surface area contributed by atoms with E-state index in [1.54, 1.807) is 6.07 Å². The Morgan fingerprint density at radius 2 is 2.50 bits per heavy atom. The predicted octanol–water partition coefficient (Wildman–Crippen LogP) is 0.230. The number of aliphatic hydroxyl groups is 1. The molecule has 1 aliphatic rings. The van der Waals surface area contributed by atoms with Gasteiger partial charge in [0, 0.05) is 12.6 Å². The fourth-order valence-electron chi connectivity index (χ4n) is 2.45. The van der Waals surface area contributed by atoms with Crippen LogP contribution in [0.25, 0.3) is 0 Å². The zero-order chi connectivity index (χ0) is 13.0. The second-order valence-corrected chi connectivity index (χ2v) is 4.55. The maximum absolute atomic E-state index is 11.3. The maximum atomic E-state index is 11.3. The molecular weight excluding hydrogens is 234 g/mol. The van der Waals surface area contributed by atoms with Crippen molar-refractivity contribution in [2.75, 3.05) is 13.2 Å². The highest BCUT2D eigenvalue weighted by atomic mass is 16.3. The van der Waals surface area contributed by atoms with Crippen molar-refractivity contribution in [1.82, 2.24) is 10.3 Å². The third-order valence-electron chi connectivity index (χ3n) is 3.37. The molecule has 0 bridgehead atoms. The number of hydrogen-bond donors (Lipinski definition) is 3. The van der Waals surface area contributed by atoms with Crippen molar-refractivity contribution >= 4 is 5.91 Å². The summed E-state index contributed by atoms with van der Waals surface area (Å²) in [5, 5.41) is 9.00. The van der Waals surface area contributed by atoms with Crippen LogP contribution in [-0.2, 0) is 6.54 Å². The lowest BCUT2D eigenvalue weighted by atomic mass is 10.1. The summed E-state index contributed by atoms with van der Waals surface area (Å²) in [6.45, 7) is 1.88. The van der Waals surface area contributed by atoms with E-state index in [1.165, 1.54) is 6.26 Å². The van der Waals surface area contributed by atoms with Crippen molar-refractivity contribution in [3.8, 4) is 0 Å². The van der Waals surface area contributed by atoms with Crippen LogP contribution in [0.15, 0.2) is 16.7 Å². The molecule has 1 aromatic heterocycles. The van der Waals surface area contributed by atoms with Gasteiger partial charge in [0.15, 0.2) is 0 Å². The topological polar surface area (TPSA) is 91.7 Å². The summed E-state index contributed by atoms with van der Waals surface area (Å²) in [6.07, 6.45) is 4.45. The van der Waals surface area contributed by atoms with Gasteiger partial charge in [0.2, 0.25) is 0 Å². The second kappa shape index (κ2) is 5.99. The van der Waals surface area contributed by atoms with E-state index in [0.29, 0.717) is 18.2 Å². The number of furan rings is 1. The van der Waals surface area contributed by atoms with Crippen molar-refractivity contribution in [2.24, 2.45) is 5.84 Å². The first kappa shape index (κ1) is 13.1. The molecule has 1 unspecified atom stereocenters. The van der Waals surface area contributed by atoms with Crippen LogP contribution in [0, 0.1) is 0 Å². The van der Waals surface area contributed by atoms with Crippen molar-refractivity contribution in [3.63, 3.8) is 0 Å². The number of nitrogens with zero attached hydrogens (tertiary/aromatic N) is 1. The molecular formula is C12H19N3O3. The number of nitrogen functional groups attached to an aromatic ring is 1. The summed E-state index contributed by atoms with van der Waals surface area (Å²) >= 11 is 0. The molecule has 2 heterocycles. The predicted molar refractivity (Wildman–Crippen MR) is 65.5 cm³/mol. The summed E-state index contributed by atoms with van der Waals surface area (Å²) in [4.78, 5) is 13.6. The molecule has 0 saturated carbocycles. The van der Waals surface area contributed by atoms with Crippen LogP contribution >= 0.6 is 0 Å². The Bertz CT molecular complexity index is 405. The Morgan fingerprint density at radius 3 is 3.22 bits per heavy atom. The van der Waals surface area contributed by atoms with E-state index in [1.807, 2.05) is 0 Å². The molecule has 18 heavy (non-hydrogen) atoms. The molecule has 1 amide bonds. The average molecular weight is 253 g/mol. The SMILES string of the molecule is NNC(=O)c1coc(CN2CCCC2CCO)c1. The fraction of sp³-hybridized carbons (Fsp3) is 0.583. The Labute approximate surface area is 106 Å². The first-order valence-corrected chi connectivity index (χ1v) is 6.18. The monoisotopic (exact) mass is 253 g/mol. The molecule has 100 valence electrons. The highest BCUT2D eigenvalue weighted by Gasteiger charge is 2.25. The van der Waals surface area contributed by atoms with Gasteiger partial charge >= 0.3 is 0 Å². The third kappa shape index (κ3) is 2.90. The van der Waals surface area contributed by atoms with Crippen LogP contribution in [0.1, 0.15) is 35.4 Å². The smallest absolute Gasteiger partial charge is 0.268 e. The number of aliphatic hydroxyl groups excluding tert-OH is 1. The standard InChI is InChI=1S/C12H19N3O3/c13-14-12(17)9-6-11(18-8-9)7-15-4-1-2-10(15)3-5-16/h6,8,10,16H,1-5,7,13H2,(H,14,17). The second-order valence-electron chi connectivity index (χ2n) is 4.55. The van der Waals surface area contributed by atoms with Gasteiger partial charge < -0.3 is 9.52 Å². The van der Waals surface area contributed by atoms with E-state index >= 15 is 0 Å². The molecule has 0 radical (unpaired) electrons. The first-order chi connectivity index (χ1) is 8.74. The molecule has 1 fully saturated rings. The minimum Gasteiger partial charge on any atom is -0.467 e. The summed E-state index contributed by atoms with van der Waals surface area (Å²) < 4.78 is 5.36. The lowest BCUT2D eigenvalue weighted by molar-refractivity contribution is 0.0953. The van der Waals surface area contributed by atoms with Gasteiger partial charge in [0.1, 0.15) is 12.0 Å². The number of nitrogens with one attached hydrogen (secondary N) is 1. The van der Waals surface area contributed by atoms with E-state index in [9.17, 15) is 4.79 Å². The van der Waals surface area contributed by atoms with Crippen molar-refractivity contribution in [1.29, 1.82) is 0 Å². The Kier molecular flexibility index (Phi) is 4.35. The molecule has 1 aromatic rings. The number of hydrazine groups is 1. The van der Waals surface area contributed by atoms with Crippen LogP contribution < -0.4 is 11.3 Å². The van der Waals surface area contributed by atoms with Gasteiger partial charge in [0.05, 0.1) is 12.1 Å². The van der Waals surface area contributed by atoms with Crippen LogP contribution in [0.5, 0.6) is 0 Å². The lowest BCUT2D eigenvalue weighted by Gasteiger charge is -2.22. The number of likely N-dealkylation sites (tertiary alicyclic amines) is 1. The highest BCUT2D eigenvalue weighted by molar-refractivity contribution is 5.93. The van der Waals surface area contributed by atoms with Gasteiger partial charge in [-0.25, -0.2) is 5.84 Å². The molecule has 6 heteroatoms. The largest absolute Gasteiger partial charge is 0.467 e. The van der Waals surface area contributed by atoms with E-state index < -0.39 is 0 Å². The molecule has 1 atom stereocenters. The average Bonchev–Trinajstić information content (AvgIpc) is 3.00. The molecule has 0 aliphatic carbocycles. The first-order valence-electron chi connectivity index (χ1n) is 6.18. The quantitative estimate of drug-likeness (QED) is 0.397. The van der Waals surface area contributed by atoms with Gasteiger partial charge in [-0.05, 0) is 31.9 Å². The third-order valence-corrected chi connectivity index (χ3v) is 3.37. The van der Waals surface area contributed by atoms with Gasteiger partial charge in [-0.1, -0.05) is 0 Å². The fourth-order valence-corrected chi connectivity index (χ4v) is 2.45. The van der Waals surface area contributed by atoms with Gasteiger partial charge in [0.25, 0.3) is 5.91 Å². The molecule has 6 nitrogen and oxygen atoms in total. The van der Waals surface area contributed by atoms with E-state index in [-0.39, 0.29) is 12.5 Å². The van der Waals surface area contributed by atoms with Crippen molar-refractivity contribution in [3.05, 3.63) is 23.7 Å². The number of hydrogen-bond acceptors (Lipinski definition) is 5. The molecule has 0 spiro atoms. The van der Waals surface area contributed by atoms with Crippen molar-refractivity contribution < 1.29 is 14.3 Å². The number of rotatable bonds is 5. The minimum atomic E-state index is -0.349. The molecule has 1 aliphatic heterocycles. The maximum Gasteiger partial charge on any atom is 0.268 e. The van der Waals surface area contributed by atoms with Crippen molar-refractivity contribution in [2.45, 2.75) is 31.8 Å². The summed E-state index contributed by atoms with van der Waals surface area (Å²) in [5.41, 5.74) is 2.51. The summed E-state index contributed by atoms with van der Waals surface area (Å²) in [6, 6.07) is 2.11. The number of carbonyl (C=O) groups excluding carboxylic acids is 1. The van der Waals surface area contributed by atoms with Crippen LogP contribution in [0.3, 0.4) is 0 Å². The van der Waals surface area contributed by atoms with E-state index in [0.717, 1.165) is 31.6 Å². The zero-order valence-electron chi connectivity index (χ0n) is 10.3. The normalized spacial score (nSPS) is 20.2. The van der Waals surface area contributed by atoms with Crippen LogP contribution in [0.4, 0.5) is 0 Å². The Balaban J connectivity index is 1.96. The number of amides is 1. The van der Waals surface area contributed by atoms with Crippen LogP contribution in [0.2, 0.25) is 0 Å². The number of nitrogens with two attached hydrogens (primary N) is 1. The lowest BCUT2D eigenvalue weighted by Crippen LogP contribution is -2.30. The van der Waals surface area contributed by atoms with Gasteiger partial charge in [-0.15, -0.1) is 0 Å². The van der Waals surface area contributed by atoms with Crippen LogP contribution in [-0.4, -0.2) is 35.1 Å². The van der Waals surface area contributed by atoms with Gasteiger partial charge in [-0.3, -0.25) is 15.1 Å². The minimum absolute atomic E-state index is 0.208. The summed E-state index contributed by atoms with van der Waals surface area (Å²) in [5.74, 6) is 5.46. The van der Waals surface area contributed by atoms with E-state index in [4.69, 9.17) is 15.4 Å². The van der Waals surface area contributed by atoms with E-state index in [2.05, 4.69) is 10.3 Å². The highest BCUT2D eigenvalue weighted by Crippen LogP contribution is 2.22. The zero-order valence-corrected chi connectivity index (χ0v) is 10.3. The number of carbonyl (C=O) groups is 1. The Hall–Kier alpha value is -1.37. The molecule has 0 aromatic carbocycles. The molecule has 1 saturated heterocycles. The Morgan fingerprint density at radius 1 is 1.67 bits per heavy atom.